The number of likely N-dealkylation sites (N-methyl/N-ethyl adjacent to an activating group) is 1. The lowest BCUT2D eigenvalue weighted by molar-refractivity contribution is -0.152. The summed E-state index contributed by atoms with van der Waals surface area (Å²) in [6.45, 7) is 5.20. The molecule has 0 saturated carbocycles. The molecule has 0 aromatic carbocycles. The van der Waals surface area contributed by atoms with Crippen LogP contribution in [0.4, 0.5) is 0 Å². The Labute approximate surface area is 79.0 Å². The first-order chi connectivity index (χ1) is 6.00. The number of nitrogens with zero attached hydrogens (tertiary/aromatic N) is 1. The van der Waals surface area contributed by atoms with Crippen molar-refractivity contribution in [3.63, 3.8) is 0 Å². The molecule has 76 valence electrons. The summed E-state index contributed by atoms with van der Waals surface area (Å²) in [6, 6.07) is -0.0345. The molecule has 2 N–H and O–H groups in total. The summed E-state index contributed by atoms with van der Waals surface area (Å²) >= 11 is 0. The number of hydrogen-bond donors (Lipinski definition) is 1. The number of rotatable bonds is 2. The van der Waals surface area contributed by atoms with Gasteiger partial charge in [-0.2, -0.15) is 0 Å². The van der Waals surface area contributed by atoms with Gasteiger partial charge >= 0.3 is 5.97 Å². The first-order valence-electron chi connectivity index (χ1n) is 4.65. The first-order valence-corrected chi connectivity index (χ1v) is 4.65. The van der Waals surface area contributed by atoms with E-state index in [2.05, 4.69) is 4.90 Å². The van der Waals surface area contributed by atoms with Gasteiger partial charge in [-0.15, -0.1) is 0 Å². The minimum atomic E-state index is -0.157. The molecule has 1 heterocycles. The van der Waals surface area contributed by atoms with Crippen molar-refractivity contribution < 1.29 is 9.53 Å². The summed E-state index contributed by atoms with van der Waals surface area (Å²) in [7, 11) is 1.98. The van der Waals surface area contributed by atoms with Crippen LogP contribution in [0.1, 0.15) is 13.8 Å². The average Bonchev–Trinajstić information content (AvgIpc) is 2.30. The van der Waals surface area contributed by atoms with E-state index in [1.165, 1.54) is 0 Å². The van der Waals surface area contributed by atoms with Gasteiger partial charge in [-0.1, -0.05) is 13.8 Å². The van der Waals surface area contributed by atoms with E-state index in [1.54, 1.807) is 0 Å². The predicted molar refractivity (Wildman–Crippen MR) is 50.2 cm³/mol. The van der Waals surface area contributed by atoms with Gasteiger partial charge in [-0.3, -0.25) is 4.79 Å². The Balaban J connectivity index is 2.41. The Hall–Kier alpha value is -0.610. The fraction of sp³-hybridized carbons (Fsp3) is 0.889. The van der Waals surface area contributed by atoms with Gasteiger partial charge in [0.25, 0.3) is 0 Å². The lowest BCUT2D eigenvalue weighted by Gasteiger charge is -2.16. The molecule has 4 nitrogen and oxygen atoms in total. The second-order valence-electron chi connectivity index (χ2n) is 4.02. The van der Waals surface area contributed by atoms with E-state index in [4.69, 9.17) is 10.5 Å². The quantitative estimate of drug-likeness (QED) is 0.608. The number of ether oxygens (including phenoxy) is 1. The summed E-state index contributed by atoms with van der Waals surface area (Å²) in [5, 5.41) is 0. The molecule has 4 heteroatoms. The van der Waals surface area contributed by atoms with Crippen LogP contribution < -0.4 is 5.73 Å². The molecular formula is C9H18N2O2. The maximum Gasteiger partial charge on any atom is 0.308 e. The molecule has 1 aliphatic heterocycles. The Bertz CT molecular complexity index is 194. The SMILES string of the molecule is CC(C)C(=O)O[C@H]1CN(C)C[C@@H]1N. The van der Waals surface area contributed by atoms with E-state index in [-0.39, 0.29) is 24.0 Å². The van der Waals surface area contributed by atoms with E-state index in [9.17, 15) is 4.79 Å². The van der Waals surface area contributed by atoms with Gasteiger partial charge < -0.3 is 15.4 Å². The topological polar surface area (TPSA) is 55.6 Å². The molecule has 13 heavy (non-hydrogen) atoms. The van der Waals surface area contributed by atoms with E-state index < -0.39 is 0 Å². The third-order valence-electron chi connectivity index (χ3n) is 2.23. The first kappa shape index (κ1) is 10.5. The van der Waals surface area contributed by atoms with Crippen molar-refractivity contribution in [1.29, 1.82) is 0 Å². The fourth-order valence-corrected chi connectivity index (χ4v) is 1.40. The van der Waals surface area contributed by atoms with E-state index in [1.807, 2.05) is 20.9 Å². The lowest BCUT2D eigenvalue weighted by Crippen LogP contribution is -2.37. The van der Waals surface area contributed by atoms with E-state index in [0.29, 0.717) is 0 Å². The van der Waals surface area contributed by atoms with E-state index in [0.717, 1.165) is 13.1 Å². The number of esters is 1. The third-order valence-corrected chi connectivity index (χ3v) is 2.23. The van der Waals surface area contributed by atoms with Crippen molar-refractivity contribution in [3.05, 3.63) is 0 Å². The van der Waals surface area contributed by atoms with Crippen molar-refractivity contribution in [3.8, 4) is 0 Å². The molecule has 0 aromatic rings. The maximum atomic E-state index is 11.3. The van der Waals surface area contributed by atoms with Crippen LogP contribution >= 0.6 is 0 Å². The molecule has 0 unspecified atom stereocenters. The van der Waals surface area contributed by atoms with Crippen LogP contribution in [0.5, 0.6) is 0 Å². The molecule has 0 aliphatic carbocycles. The normalized spacial score (nSPS) is 29.6. The van der Waals surface area contributed by atoms with Crippen molar-refractivity contribution in [2.75, 3.05) is 20.1 Å². The summed E-state index contributed by atoms with van der Waals surface area (Å²) in [5.41, 5.74) is 5.80. The Morgan fingerprint density at radius 1 is 1.54 bits per heavy atom. The average molecular weight is 186 g/mol. The zero-order chi connectivity index (χ0) is 10.0. The largest absolute Gasteiger partial charge is 0.459 e. The number of hydrogen-bond acceptors (Lipinski definition) is 4. The molecule has 0 amide bonds. The zero-order valence-electron chi connectivity index (χ0n) is 8.49. The van der Waals surface area contributed by atoms with Crippen LogP contribution in [0.2, 0.25) is 0 Å². The number of nitrogens with two attached hydrogens (primary N) is 1. The summed E-state index contributed by atoms with van der Waals surface area (Å²) in [4.78, 5) is 13.3. The van der Waals surface area contributed by atoms with E-state index >= 15 is 0 Å². The molecule has 1 rings (SSSR count). The van der Waals surface area contributed by atoms with Gasteiger partial charge in [0, 0.05) is 13.1 Å². The van der Waals surface area contributed by atoms with Gasteiger partial charge in [-0.05, 0) is 7.05 Å². The van der Waals surface area contributed by atoms with Crippen molar-refractivity contribution >= 4 is 5.97 Å². The van der Waals surface area contributed by atoms with Gasteiger partial charge in [-0.25, -0.2) is 0 Å². The van der Waals surface area contributed by atoms with Crippen molar-refractivity contribution in [1.82, 2.24) is 4.90 Å². The molecule has 0 bridgehead atoms. The third kappa shape index (κ3) is 2.67. The standard InChI is InChI=1S/C9H18N2O2/c1-6(2)9(12)13-8-5-11(3)4-7(8)10/h6-8H,4-5,10H2,1-3H3/t7-,8-/m0/s1. The second-order valence-corrected chi connectivity index (χ2v) is 4.02. The summed E-state index contributed by atoms with van der Waals surface area (Å²) in [6.07, 6.45) is -0.125. The number of likely N-dealkylation sites (tertiary alicyclic amines) is 1. The highest BCUT2D eigenvalue weighted by molar-refractivity contribution is 5.71. The van der Waals surface area contributed by atoms with Crippen molar-refractivity contribution in [2.24, 2.45) is 11.7 Å². The van der Waals surface area contributed by atoms with Crippen molar-refractivity contribution in [2.45, 2.75) is 26.0 Å². The van der Waals surface area contributed by atoms with Crippen LogP contribution in [0.3, 0.4) is 0 Å². The van der Waals surface area contributed by atoms with Crippen LogP contribution in [0.15, 0.2) is 0 Å². The Morgan fingerprint density at radius 2 is 2.15 bits per heavy atom. The number of carbonyl (C=O) groups excluding carboxylic acids is 1. The van der Waals surface area contributed by atoms with Gasteiger partial charge in [0.2, 0.25) is 0 Å². The second kappa shape index (κ2) is 4.07. The predicted octanol–water partition coefficient (Wildman–Crippen LogP) is -0.173. The zero-order valence-corrected chi connectivity index (χ0v) is 8.49. The molecule has 0 spiro atoms. The van der Waals surface area contributed by atoms with Gasteiger partial charge in [0.1, 0.15) is 6.10 Å². The smallest absolute Gasteiger partial charge is 0.308 e. The van der Waals surface area contributed by atoms with Gasteiger partial charge in [0.15, 0.2) is 0 Å². The molecule has 1 saturated heterocycles. The van der Waals surface area contributed by atoms with Crippen LogP contribution in [0, 0.1) is 5.92 Å². The highest BCUT2D eigenvalue weighted by atomic mass is 16.5. The van der Waals surface area contributed by atoms with Crippen LogP contribution in [-0.2, 0) is 9.53 Å². The minimum Gasteiger partial charge on any atom is -0.459 e. The molecular weight excluding hydrogens is 168 g/mol. The lowest BCUT2D eigenvalue weighted by atomic mass is 10.2. The van der Waals surface area contributed by atoms with Crippen LogP contribution in [0.25, 0.3) is 0 Å². The Kier molecular flexibility index (Phi) is 3.27. The van der Waals surface area contributed by atoms with Gasteiger partial charge in [0.05, 0.1) is 12.0 Å². The molecule has 2 atom stereocenters. The fourth-order valence-electron chi connectivity index (χ4n) is 1.40. The molecule has 1 aliphatic rings. The minimum absolute atomic E-state index is 0.0345. The highest BCUT2D eigenvalue weighted by Gasteiger charge is 2.31. The molecule has 1 fully saturated rings. The summed E-state index contributed by atoms with van der Waals surface area (Å²) < 4.78 is 5.25. The number of carbonyl (C=O) groups is 1. The monoisotopic (exact) mass is 186 g/mol. The molecule has 0 radical (unpaired) electrons. The molecule has 0 aromatic heterocycles. The highest BCUT2D eigenvalue weighted by Crippen LogP contribution is 2.11. The Morgan fingerprint density at radius 3 is 2.54 bits per heavy atom. The summed E-state index contributed by atoms with van der Waals surface area (Å²) in [5.74, 6) is -0.228. The van der Waals surface area contributed by atoms with Crippen LogP contribution in [-0.4, -0.2) is 43.2 Å². The maximum absolute atomic E-state index is 11.3.